The summed E-state index contributed by atoms with van der Waals surface area (Å²) in [6, 6.07) is 3.86. The van der Waals surface area contributed by atoms with Crippen molar-refractivity contribution >= 4 is 0 Å². The second-order valence-electron chi connectivity index (χ2n) is 5.19. The Morgan fingerprint density at radius 1 is 1.00 bits per heavy atom. The van der Waals surface area contributed by atoms with Crippen LogP contribution in [0.5, 0.6) is 0 Å². The van der Waals surface area contributed by atoms with Crippen LogP contribution >= 0.6 is 0 Å². The summed E-state index contributed by atoms with van der Waals surface area (Å²) in [6.07, 6.45) is 10.4. The molecule has 0 heterocycles. The Morgan fingerprint density at radius 2 is 1.73 bits per heavy atom. The van der Waals surface area contributed by atoms with E-state index in [1.165, 1.54) is 44.9 Å². The molecule has 0 aromatic rings. The minimum absolute atomic E-state index is 0.290. The monoisotopic (exact) mass is 206 g/mol. The van der Waals surface area contributed by atoms with Gasteiger partial charge in [0.2, 0.25) is 0 Å². The van der Waals surface area contributed by atoms with Crippen LogP contribution in [0.2, 0.25) is 0 Å². The van der Waals surface area contributed by atoms with Crippen molar-refractivity contribution < 1.29 is 0 Å². The van der Waals surface area contributed by atoms with Crippen molar-refractivity contribution in [1.29, 1.82) is 5.26 Å². The maximum Gasteiger partial charge on any atom is 0.0672 e. The Balaban J connectivity index is 1.99. The van der Waals surface area contributed by atoms with E-state index in [0.717, 1.165) is 12.5 Å². The Labute approximate surface area is 93.3 Å². The maximum absolute atomic E-state index is 9.23. The van der Waals surface area contributed by atoms with Gasteiger partial charge in [-0.25, -0.2) is 0 Å². The summed E-state index contributed by atoms with van der Waals surface area (Å²) in [4.78, 5) is 2.52. The lowest BCUT2D eigenvalue weighted by Crippen LogP contribution is -2.46. The molecular formula is C13H22N2. The molecule has 2 nitrogen and oxygen atoms in total. The van der Waals surface area contributed by atoms with Crippen LogP contribution in [0.15, 0.2) is 0 Å². The van der Waals surface area contributed by atoms with Crippen molar-refractivity contribution in [1.82, 2.24) is 4.90 Å². The fourth-order valence-corrected chi connectivity index (χ4v) is 2.99. The number of rotatable bonds is 2. The van der Waals surface area contributed by atoms with Gasteiger partial charge in [-0.15, -0.1) is 0 Å². The molecule has 15 heavy (non-hydrogen) atoms. The molecule has 2 saturated carbocycles. The second-order valence-corrected chi connectivity index (χ2v) is 5.19. The zero-order valence-electron chi connectivity index (χ0n) is 9.78. The predicted octanol–water partition coefficient (Wildman–Crippen LogP) is 2.94. The lowest BCUT2D eigenvalue weighted by Gasteiger charge is -2.41. The van der Waals surface area contributed by atoms with Crippen LogP contribution in [-0.4, -0.2) is 24.0 Å². The standard InChI is InChI=1S/C13H22N2/c1-15(12-7-5-8-12)13-9-4-2-3-6-11(13)10-14/h11-13H,2-9H2,1H3. The van der Waals surface area contributed by atoms with E-state index in [2.05, 4.69) is 18.0 Å². The van der Waals surface area contributed by atoms with E-state index in [1.54, 1.807) is 0 Å². The summed E-state index contributed by atoms with van der Waals surface area (Å²) in [5.74, 6) is 0.290. The highest BCUT2D eigenvalue weighted by Crippen LogP contribution is 2.32. The van der Waals surface area contributed by atoms with Crippen molar-refractivity contribution in [3.8, 4) is 6.07 Å². The molecule has 2 aliphatic carbocycles. The summed E-state index contributed by atoms with van der Waals surface area (Å²) in [6.45, 7) is 0. The first-order chi connectivity index (χ1) is 7.33. The van der Waals surface area contributed by atoms with E-state index in [4.69, 9.17) is 0 Å². The molecule has 0 spiro atoms. The highest BCUT2D eigenvalue weighted by atomic mass is 15.2. The molecule has 0 saturated heterocycles. The van der Waals surface area contributed by atoms with Gasteiger partial charge in [0.1, 0.15) is 0 Å². The first-order valence-electron chi connectivity index (χ1n) is 6.44. The Hall–Kier alpha value is -0.550. The first kappa shape index (κ1) is 11.0. The fraction of sp³-hybridized carbons (Fsp3) is 0.923. The average molecular weight is 206 g/mol. The van der Waals surface area contributed by atoms with Gasteiger partial charge in [0, 0.05) is 12.1 Å². The van der Waals surface area contributed by atoms with Crippen LogP contribution in [0.25, 0.3) is 0 Å². The predicted molar refractivity (Wildman–Crippen MR) is 61.4 cm³/mol. The second kappa shape index (κ2) is 4.99. The van der Waals surface area contributed by atoms with Crippen molar-refractivity contribution in [3.63, 3.8) is 0 Å². The summed E-state index contributed by atoms with van der Waals surface area (Å²) in [5.41, 5.74) is 0. The van der Waals surface area contributed by atoms with Crippen LogP contribution in [-0.2, 0) is 0 Å². The largest absolute Gasteiger partial charge is 0.299 e. The van der Waals surface area contributed by atoms with Gasteiger partial charge in [-0.3, -0.25) is 4.90 Å². The minimum Gasteiger partial charge on any atom is -0.299 e. The molecule has 84 valence electrons. The van der Waals surface area contributed by atoms with Gasteiger partial charge in [0.05, 0.1) is 12.0 Å². The summed E-state index contributed by atoms with van der Waals surface area (Å²) < 4.78 is 0. The van der Waals surface area contributed by atoms with Crippen molar-refractivity contribution in [3.05, 3.63) is 0 Å². The van der Waals surface area contributed by atoms with E-state index >= 15 is 0 Å². The van der Waals surface area contributed by atoms with Gasteiger partial charge in [-0.2, -0.15) is 5.26 Å². The number of nitriles is 1. The van der Waals surface area contributed by atoms with Crippen LogP contribution < -0.4 is 0 Å². The van der Waals surface area contributed by atoms with E-state index in [1.807, 2.05) is 0 Å². The van der Waals surface area contributed by atoms with Gasteiger partial charge >= 0.3 is 0 Å². The number of nitrogens with zero attached hydrogens (tertiary/aromatic N) is 2. The van der Waals surface area contributed by atoms with Gasteiger partial charge in [0.15, 0.2) is 0 Å². The van der Waals surface area contributed by atoms with Gasteiger partial charge in [0.25, 0.3) is 0 Å². The third-order valence-electron chi connectivity index (χ3n) is 4.32. The molecule has 0 aromatic heterocycles. The Bertz CT molecular complexity index is 239. The average Bonchev–Trinajstić information content (AvgIpc) is 2.39. The molecule has 0 amide bonds. The summed E-state index contributed by atoms with van der Waals surface area (Å²) in [7, 11) is 2.24. The molecule has 2 aliphatic rings. The molecule has 2 unspecified atom stereocenters. The fourth-order valence-electron chi connectivity index (χ4n) is 2.99. The molecule has 0 radical (unpaired) electrons. The van der Waals surface area contributed by atoms with Crippen LogP contribution in [0.3, 0.4) is 0 Å². The van der Waals surface area contributed by atoms with Gasteiger partial charge in [-0.1, -0.05) is 25.7 Å². The molecule has 0 aliphatic heterocycles. The molecule has 2 atom stereocenters. The van der Waals surface area contributed by atoms with Crippen molar-refractivity contribution in [2.75, 3.05) is 7.05 Å². The molecule has 0 bridgehead atoms. The van der Waals surface area contributed by atoms with E-state index in [0.29, 0.717) is 6.04 Å². The highest BCUT2D eigenvalue weighted by Gasteiger charge is 2.32. The lowest BCUT2D eigenvalue weighted by atomic mass is 9.87. The maximum atomic E-state index is 9.23. The zero-order chi connectivity index (χ0) is 10.7. The van der Waals surface area contributed by atoms with Crippen LogP contribution in [0.4, 0.5) is 0 Å². The molecular weight excluding hydrogens is 184 g/mol. The zero-order valence-corrected chi connectivity index (χ0v) is 9.78. The molecule has 2 fully saturated rings. The summed E-state index contributed by atoms with van der Waals surface area (Å²) in [5, 5.41) is 9.23. The quantitative estimate of drug-likeness (QED) is 0.649. The minimum atomic E-state index is 0.290. The third-order valence-corrected chi connectivity index (χ3v) is 4.32. The summed E-state index contributed by atoms with van der Waals surface area (Å²) >= 11 is 0. The van der Waals surface area contributed by atoms with Gasteiger partial charge in [-0.05, 0) is 32.7 Å². The van der Waals surface area contributed by atoms with Crippen LogP contribution in [0.1, 0.15) is 51.4 Å². The lowest BCUT2D eigenvalue weighted by molar-refractivity contribution is 0.0848. The van der Waals surface area contributed by atoms with E-state index in [-0.39, 0.29) is 5.92 Å². The first-order valence-corrected chi connectivity index (χ1v) is 6.44. The van der Waals surface area contributed by atoms with Crippen molar-refractivity contribution in [2.45, 2.75) is 63.5 Å². The highest BCUT2D eigenvalue weighted by molar-refractivity contribution is 4.96. The molecule has 0 N–H and O–H groups in total. The SMILES string of the molecule is CN(C1CCC1)C1CCCCCC1C#N. The van der Waals surface area contributed by atoms with E-state index in [9.17, 15) is 5.26 Å². The van der Waals surface area contributed by atoms with Gasteiger partial charge < -0.3 is 0 Å². The van der Waals surface area contributed by atoms with E-state index < -0.39 is 0 Å². The normalized spacial score (nSPS) is 33.1. The number of hydrogen-bond donors (Lipinski definition) is 0. The number of hydrogen-bond acceptors (Lipinski definition) is 2. The molecule has 2 rings (SSSR count). The molecule has 0 aromatic carbocycles. The Morgan fingerprint density at radius 3 is 2.33 bits per heavy atom. The topological polar surface area (TPSA) is 27.0 Å². The third kappa shape index (κ3) is 2.34. The molecule has 2 heteroatoms. The van der Waals surface area contributed by atoms with Crippen LogP contribution in [0, 0.1) is 17.2 Å². The smallest absolute Gasteiger partial charge is 0.0672 e. The van der Waals surface area contributed by atoms with Crippen molar-refractivity contribution in [2.24, 2.45) is 5.92 Å². The Kier molecular flexibility index (Phi) is 3.64.